The number of anilines is 1. The van der Waals surface area contributed by atoms with Gasteiger partial charge in [0.25, 0.3) is 5.91 Å². The number of amides is 1. The predicted molar refractivity (Wildman–Crippen MR) is 76.3 cm³/mol. The summed E-state index contributed by atoms with van der Waals surface area (Å²) in [5.74, 6) is -0.810. The lowest BCUT2D eigenvalue weighted by atomic mass is 10.2. The molecule has 2 aromatic rings. The standard InChI is InChI=1S/C13H15N3O3S/c1-4-19-13(18)11-7(2)14-5-9(11)16-12(17)10-6-20-8(3)15-10/h5-6,14H,4H2,1-3H3,(H,16,17). The third-order valence-corrected chi connectivity index (χ3v) is 3.43. The molecule has 0 aliphatic rings. The minimum absolute atomic E-state index is 0.280. The fourth-order valence-corrected chi connectivity index (χ4v) is 2.34. The van der Waals surface area contributed by atoms with Crippen molar-refractivity contribution in [2.24, 2.45) is 0 Å². The minimum Gasteiger partial charge on any atom is -0.462 e. The molecule has 0 unspecified atom stereocenters. The molecule has 0 radical (unpaired) electrons. The Morgan fingerprint density at radius 2 is 2.20 bits per heavy atom. The summed E-state index contributed by atoms with van der Waals surface area (Å²) >= 11 is 1.40. The fourth-order valence-electron chi connectivity index (χ4n) is 1.75. The number of H-pyrrole nitrogens is 1. The number of nitrogens with zero attached hydrogens (tertiary/aromatic N) is 1. The summed E-state index contributed by atoms with van der Waals surface area (Å²) in [6, 6.07) is 0. The number of carbonyl (C=O) groups excluding carboxylic acids is 2. The number of carbonyl (C=O) groups is 2. The highest BCUT2D eigenvalue weighted by Crippen LogP contribution is 2.21. The number of esters is 1. The maximum absolute atomic E-state index is 12.0. The van der Waals surface area contributed by atoms with Crippen LogP contribution in [0.2, 0.25) is 0 Å². The highest BCUT2D eigenvalue weighted by atomic mass is 32.1. The van der Waals surface area contributed by atoms with Gasteiger partial charge in [-0.3, -0.25) is 4.79 Å². The zero-order valence-corrected chi connectivity index (χ0v) is 12.3. The number of rotatable bonds is 4. The van der Waals surface area contributed by atoms with Crippen molar-refractivity contribution < 1.29 is 14.3 Å². The van der Waals surface area contributed by atoms with Crippen LogP contribution in [-0.4, -0.2) is 28.5 Å². The molecule has 0 atom stereocenters. The summed E-state index contributed by atoms with van der Waals surface area (Å²) in [5, 5.41) is 5.16. The maximum atomic E-state index is 12.0. The number of thiazole rings is 1. The Kier molecular flexibility index (Phi) is 4.19. The second-order valence-electron chi connectivity index (χ2n) is 4.13. The van der Waals surface area contributed by atoms with Crippen molar-refractivity contribution in [1.82, 2.24) is 9.97 Å². The first-order valence-electron chi connectivity index (χ1n) is 6.11. The zero-order valence-electron chi connectivity index (χ0n) is 11.4. The molecular weight excluding hydrogens is 278 g/mol. The highest BCUT2D eigenvalue weighted by molar-refractivity contribution is 7.09. The van der Waals surface area contributed by atoms with Crippen LogP contribution in [0, 0.1) is 13.8 Å². The predicted octanol–water partition coefficient (Wildman–Crippen LogP) is 2.52. The molecule has 0 spiro atoms. The molecule has 2 N–H and O–H groups in total. The Hall–Kier alpha value is -2.15. The van der Waals surface area contributed by atoms with Gasteiger partial charge in [0.1, 0.15) is 11.3 Å². The lowest BCUT2D eigenvalue weighted by molar-refractivity contribution is 0.0527. The van der Waals surface area contributed by atoms with Crippen molar-refractivity contribution in [3.8, 4) is 0 Å². The Labute approximate surface area is 120 Å². The maximum Gasteiger partial charge on any atom is 0.342 e. The molecule has 0 aromatic carbocycles. The van der Waals surface area contributed by atoms with Crippen LogP contribution >= 0.6 is 11.3 Å². The molecule has 2 heterocycles. The molecule has 2 aromatic heterocycles. The smallest absolute Gasteiger partial charge is 0.342 e. The van der Waals surface area contributed by atoms with Crippen LogP contribution in [0.25, 0.3) is 0 Å². The zero-order chi connectivity index (χ0) is 14.7. The molecule has 7 heteroatoms. The molecule has 2 rings (SSSR count). The summed E-state index contributed by atoms with van der Waals surface area (Å²) in [7, 11) is 0. The molecule has 0 saturated heterocycles. The number of nitrogens with one attached hydrogen (secondary N) is 2. The molecule has 20 heavy (non-hydrogen) atoms. The first-order valence-corrected chi connectivity index (χ1v) is 6.99. The third-order valence-electron chi connectivity index (χ3n) is 2.66. The summed E-state index contributed by atoms with van der Waals surface area (Å²) < 4.78 is 4.98. The van der Waals surface area contributed by atoms with E-state index in [-0.39, 0.29) is 12.5 Å². The Morgan fingerprint density at radius 1 is 1.45 bits per heavy atom. The van der Waals surface area contributed by atoms with E-state index >= 15 is 0 Å². The monoisotopic (exact) mass is 293 g/mol. The SMILES string of the molecule is CCOC(=O)c1c(NC(=O)c2csc(C)n2)c[nH]c1C. The average Bonchev–Trinajstić information content (AvgIpc) is 2.96. The second kappa shape index (κ2) is 5.87. The molecule has 0 aliphatic heterocycles. The Bertz CT molecular complexity index is 645. The van der Waals surface area contributed by atoms with Gasteiger partial charge in [0.2, 0.25) is 0 Å². The molecular formula is C13H15N3O3S. The Morgan fingerprint density at radius 3 is 2.80 bits per heavy atom. The van der Waals surface area contributed by atoms with Crippen molar-refractivity contribution in [2.75, 3.05) is 11.9 Å². The van der Waals surface area contributed by atoms with Crippen molar-refractivity contribution >= 4 is 28.9 Å². The van der Waals surface area contributed by atoms with Crippen molar-refractivity contribution in [3.05, 3.63) is 33.5 Å². The van der Waals surface area contributed by atoms with Crippen LogP contribution < -0.4 is 5.32 Å². The Balaban J connectivity index is 2.22. The lowest BCUT2D eigenvalue weighted by Crippen LogP contribution is -2.15. The van der Waals surface area contributed by atoms with Gasteiger partial charge in [0.05, 0.1) is 17.3 Å². The van der Waals surface area contributed by atoms with E-state index in [1.54, 1.807) is 25.4 Å². The number of aryl methyl sites for hydroxylation is 2. The van der Waals surface area contributed by atoms with E-state index in [4.69, 9.17) is 4.74 Å². The van der Waals surface area contributed by atoms with Gasteiger partial charge in [-0.25, -0.2) is 9.78 Å². The van der Waals surface area contributed by atoms with E-state index in [1.807, 2.05) is 6.92 Å². The summed E-state index contributed by atoms with van der Waals surface area (Å²) in [5.41, 5.74) is 1.72. The van der Waals surface area contributed by atoms with E-state index < -0.39 is 5.97 Å². The highest BCUT2D eigenvalue weighted by Gasteiger charge is 2.20. The largest absolute Gasteiger partial charge is 0.462 e. The van der Waals surface area contributed by atoms with Crippen molar-refractivity contribution in [2.45, 2.75) is 20.8 Å². The number of aromatic amines is 1. The van der Waals surface area contributed by atoms with Gasteiger partial charge in [-0.05, 0) is 20.8 Å². The van der Waals surface area contributed by atoms with E-state index in [2.05, 4.69) is 15.3 Å². The minimum atomic E-state index is -0.462. The van der Waals surface area contributed by atoms with Gasteiger partial charge >= 0.3 is 5.97 Å². The topological polar surface area (TPSA) is 84.1 Å². The number of ether oxygens (including phenoxy) is 1. The van der Waals surface area contributed by atoms with E-state index in [0.717, 1.165) is 5.01 Å². The summed E-state index contributed by atoms with van der Waals surface area (Å²) in [6.07, 6.45) is 1.57. The van der Waals surface area contributed by atoms with Crippen LogP contribution in [-0.2, 0) is 4.74 Å². The van der Waals surface area contributed by atoms with Gasteiger partial charge in [-0.2, -0.15) is 0 Å². The first-order chi connectivity index (χ1) is 9.52. The first kappa shape index (κ1) is 14.3. The van der Waals surface area contributed by atoms with Crippen LogP contribution in [0.15, 0.2) is 11.6 Å². The number of hydrogen-bond donors (Lipinski definition) is 2. The second-order valence-corrected chi connectivity index (χ2v) is 5.19. The van der Waals surface area contributed by atoms with Crippen LogP contribution in [0.4, 0.5) is 5.69 Å². The van der Waals surface area contributed by atoms with Gasteiger partial charge < -0.3 is 15.0 Å². The van der Waals surface area contributed by atoms with Gasteiger partial charge in [0.15, 0.2) is 0 Å². The summed E-state index contributed by atoms with van der Waals surface area (Å²) in [6.45, 7) is 5.58. The normalized spacial score (nSPS) is 10.3. The van der Waals surface area contributed by atoms with Gasteiger partial charge in [-0.15, -0.1) is 11.3 Å². The van der Waals surface area contributed by atoms with Crippen molar-refractivity contribution in [1.29, 1.82) is 0 Å². The van der Waals surface area contributed by atoms with Crippen LogP contribution in [0.1, 0.15) is 38.5 Å². The quantitative estimate of drug-likeness (QED) is 0.848. The number of hydrogen-bond acceptors (Lipinski definition) is 5. The van der Waals surface area contributed by atoms with Crippen LogP contribution in [0.3, 0.4) is 0 Å². The van der Waals surface area contributed by atoms with Crippen LogP contribution in [0.5, 0.6) is 0 Å². The van der Waals surface area contributed by atoms with Crippen molar-refractivity contribution in [3.63, 3.8) is 0 Å². The van der Waals surface area contributed by atoms with E-state index in [9.17, 15) is 9.59 Å². The molecule has 6 nitrogen and oxygen atoms in total. The molecule has 0 aliphatic carbocycles. The lowest BCUT2D eigenvalue weighted by Gasteiger charge is -2.06. The summed E-state index contributed by atoms with van der Waals surface area (Å²) in [4.78, 5) is 30.9. The van der Waals surface area contributed by atoms with Gasteiger partial charge in [0, 0.05) is 17.3 Å². The van der Waals surface area contributed by atoms with Gasteiger partial charge in [-0.1, -0.05) is 0 Å². The molecule has 0 saturated carbocycles. The average molecular weight is 293 g/mol. The molecule has 0 fully saturated rings. The molecule has 0 bridgehead atoms. The molecule has 106 valence electrons. The van der Waals surface area contributed by atoms with E-state index in [0.29, 0.717) is 22.6 Å². The number of aromatic nitrogens is 2. The third kappa shape index (κ3) is 2.88. The molecule has 1 amide bonds. The van der Waals surface area contributed by atoms with E-state index in [1.165, 1.54) is 11.3 Å². The fraction of sp³-hybridized carbons (Fsp3) is 0.308.